The van der Waals surface area contributed by atoms with Crippen molar-refractivity contribution < 1.29 is 19.8 Å². The molecule has 0 aliphatic heterocycles. The first-order valence-electron chi connectivity index (χ1n) is 6.36. The largest absolute Gasteiger partial charge is 0.481 e. The molecule has 5 nitrogen and oxygen atoms in total. The van der Waals surface area contributed by atoms with E-state index < -0.39 is 11.4 Å². The molecule has 0 bridgehead atoms. The number of carbonyl (C=O) groups is 2. The Balaban J connectivity index is 3.80. The molecule has 1 unspecified atom stereocenters. The lowest BCUT2D eigenvalue weighted by atomic mass is 9.85. The van der Waals surface area contributed by atoms with Crippen LogP contribution in [0.3, 0.4) is 0 Å². The molecule has 0 aromatic heterocycles. The van der Waals surface area contributed by atoms with Gasteiger partial charge in [-0.3, -0.25) is 9.59 Å². The van der Waals surface area contributed by atoms with Crippen LogP contribution in [-0.4, -0.2) is 35.2 Å². The minimum atomic E-state index is -0.885. The van der Waals surface area contributed by atoms with Gasteiger partial charge in [0.15, 0.2) is 0 Å². The Kier molecular flexibility index (Phi) is 7.59. The van der Waals surface area contributed by atoms with Crippen LogP contribution in [0.5, 0.6) is 0 Å². The molecular formula is C13H25NO4. The second-order valence-corrected chi connectivity index (χ2v) is 5.69. The van der Waals surface area contributed by atoms with E-state index in [0.717, 1.165) is 12.8 Å². The first-order chi connectivity index (χ1) is 8.26. The van der Waals surface area contributed by atoms with Crippen molar-refractivity contribution in [2.24, 2.45) is 11.3 Å². The lowest BCUT2D eigenvalue weighted by Crippen LogP contribution is -2.30. The smallest absolute Gasteiger partial charge is 0.303 e. The van der Waals surface area contributed by atoms with Gasteiger partial charge in [-0.2, -0.15) is 0 Å². The van der Waals surface area contributed by atoms with Crippen LogP contribution in [0.1, 0.15) is 46.5 Å². The molecule has 0 rings (SSSR count). The number of carboxylic acids is 1. The number of aliphatic hydroxyl groups is 1. The Morgan fingerprint density at radius 2 is 1.89 bits per heavy atom. The van der Waals surface area contributed by atoms with E-state index in [2.05, 4.69) is 5.32 Å². The van der Waals surface area contributed by atoms with Crippen LogP contribution in [0.15, 0.2) is 0 Å². The fourth-order valence-corrected chi connectivity index (χ4v) is 1.74. The van der Waals surface area contributed by atoms with Crippen LogP contribution in [0, 0.1) is 11.3 Å². The number of amides is 1. The van der Waals surface area contributed by atoms with E-state index in [4.69, 9.17) is 10.2 Å². The van der Waals surface area contributed by atoms with E-state index in [0.29, 0.717) is 6.54 Å². The Morgan fingerprint density at radius 1 is 1.28 bits per heavy atom. The maximum absolute atomic E-state index is 11.6. The fourth-order valence-electron chi connectivity index (χ4n) is 1.74. The van der Waals surface area contributed by atoms with Gasteiger partial charge in [0.2, 0.25) is 5.91 Å². The molecule has 0 saturated heterocycles. The Hall–Kier alpha value is -1.10. The quantitative estimate of drug-likeness (QED) is 0.546. The van der Waals surface area contributed by atoms with Crippen LogP contribution >= 0.6 is 0 Å². The third-order valence-corrected chi connectivity index (χ3v) is 2.78. The van der Waals surface area contributed by atoms with Crippen molar-refractivity contribution in [2.45, 2.75) is 46.5 Å². The van der Waals surface area contributed by atoms with Crippen LogP contribution in [0.25, 0.3) is 0 Å². The van der Waals surface area contributed by atoms with Crippen LogP contribution in [-0.2, 0) is 9.59 Å². The summed E-state index contributed by atoms with van der Waals surface area (Å²) in [5.74, 6) is -0.743. The minimum Gasteiger partial charge on any atom is -0.481 e. The summed E-state index contributed by atoms with van der Waals surface area (Å²) in [6.07, 6.45) is 1.90. The van der Waals surface area contributed by atoms with Gasteiger partial charge < -0.3 is 15.5 Å². The number of aliphatic carboxylic acids is 1. The third-order valence-electron chi connectivity index (χ3n) is 2.78. The standard InChI is InChI=1S/C13H25NO4/c1-10(9-15)5-4-6-14-11(16)7-13(2,3)8-12(17)18/h10,15H,4-9H2,1-3H3,(H,14,16)(H,17,18). The predicted molar refractivity (Wildman–Crippen MR) is 69.1 cm³/mol. The van der Waals surface area contributed by atoms with Gasteiger partial charge in [-0.05, 0) is 24.2 Å². The Labute approximate surface area is 109 Å². The third kappa shape index (κ3) is 8.98. The van der Waals surface area contributed by atoms with E-state index in [9.17, 15) is 9.59 Å². The highest BCUT2D eigenvalue weighted by molar-refractivity contribution is 5.77. The first-order valence-corrected chi connectivity index (χ1v) is 6.36. The molecule has 0 aromatic rings. The van der Waals surface area contributed by atoms with Crippen LogP contribution in [0.4, 0.5) is 0 Å². The average molecular weight is 259 g/mol. The highest BCUT2D eigenvalue weighted by Crippen LogP contribution is 2.24. The van der Waals surface area contributed by atoms with Crippen molar-refractivity contribution >= 4 is 11.9 Å². The number of carbonyl (C=O) groups excluding carboxylic acids is 1. The zero-order chi connectivity index (χ0) is 14.2. The molecule has 5 heteroatoms. The second kappa shape index (κ2) is 8.08. The van der Waals surface area contributed by atoms with E-state index in [-0.39, 0.29) is 31.3 Å². The van der Waals surface area contributed by atoms with Crippen molar-refractivity contribution in [2.75, 3.05) is 13.2 Å². The summed E-state index contributed by atoms with van der Waals surface area (Å²) in [7, 11) is 0. The zero-order valence-electron chi connectivity index (χ0n) is 11.5. The van der Waals surface area contributed by atoms with Gasteiger partial charge in [-0.1, -0.05) is 20.8 Å². The van der Waals surface area contributed by atoms with Gasteiger partial charge >= 0.3 is 5.97 Å². The van der Waals surface area contributed by atoms with Gasteiger partial charge in [0.05, 0.1) is 6.42 Å². The number of aliphatic hydroxyl groups excluding tert-OH is 1. The molecule has 0 aromatic carbocycles. The lowest BCUT2D eigenvalue weighted by molar-refractivity contribution is -0.139. The van der Waals surface area contributed by atoms with Gasteiger partial charge in [0, 0.05) is 19.6 Å². The van der Waals surface area contributed by atoms with Crippen LogP contribution in [0.2, 0.25) is 0 Å². The summed E-state index contributed by atoms with van der Waals surface area (Å²) in [6, 6.07) is 0. The zero-order valence-corrected chi connectivity index (χ0v) is 11.5. The van der Waals surface area contributed by atoms with Crippen LogP contribution < -0.4 is 5.32 Å². The molecule has 0 radical (unpaired) electrons. The molecule has 0 heterocycles. The molecule has 106 valence electrons. The number of rotatable bonds is 9. The van der Waals surface area contributed by atoms with E-state index >= 15 is 0 Å². The second-order valence-electron chi connectivity index (χ2n) is 5.69. The normalized spacial score (nSPS) is 13.1. The van der Waals surface area contributed by atoms with Crippen molar-refractivity contribution in [3.63, 3.8) is 0 Å². The monoisotopic (exact) mass is 259 g/mol. The molecule has 0 spiro atoms. The van der Waals surface area contributed by atoms with Gasteiger partial charge in [0.1, 0.15) is 0 Å². The molecule has 18 heavy (non-hydrogen) atoms. The topological polar surface area (TPSA) is 86.6 Å². The van der Waals surface area contributed by atoms with E-state index in [1.165, 1.54) is 0 Å². The summed E-state index contributed by atoms with van der Waals surface area (Å²) >= 11 is 0. The highest BCUT2D eigenvalue weighted by atomic mass is 16.4. The Bertz CT molecular complexity index is 276. The van der Waals surface area contributed by atoms with Crippen molar-refractivity contribution in [1.82, 2.24) is 5.32 Å². The average Bonchev–Trinajstić information content (AvgIpc) is 2.21. The SMILES string of the molecule is CC(CO)CCCNC(=O)CC(C)(C)CC(=O)O. The molecule has 0 saturated carbocycles. The molecule has 0 aliphatic carbocycles. The Morgan fingerprint density at radius 3 is 2.39 bits per heavy atom. The van der Waals surface area contributed by atoms with Gasteiger partial charge in [-0.15, -0.1) is 0 Å². The molecule has 1 atom stereocenters. The summed E-state index contributed by atoms with van der Waals surface area (Å²) in [5.41, 5.74) is -0.520. The van der Waals surface area contributed by atoms with Crippen molar-refractivity contribution in [3.8, 4) is 0 Å². The van der Waals surface area contributed by atoms with Gasteiger partial charge in [0.25, 0.3) is 0 Å². The minimum absolute atomic E-state index is 0.0119. The van der Waals surface area contributed by atoms with Gasteiger partial charge in [-0.25, -0.2) is 0 Å². The fraction of sp³-hybridized carbons (Fsp3) is 0.846. The highest BCUT2D eigenvalue weighted by Gasteiger charge is 2.24. The van der Waals surface area contributed by atoms with Crippen molar-refractivity contribution in [1.29, 1.82) is 0 Å². The predicted octanol–water partition coefficient (Wildman–Crippen LogP) is 1.40. The summed E-state index contributed by atoms with van der Waals surface area (Å²) in [5, 5.41) is 20.3. The summed E-state index contributed by atoms with van der Waals surface area (Å²) in [4.78, 5) is 22.2. The summed E-state index contributed by atoms with van der Waals surface area (Å²) < 4.78 is 0. The maximum Gasteiger partial charge on any atom is 0.303 e. The molecule has 0 aliphatic rings. The molecule has 3 N–H and O–H groups in total. The number of nitrogens with one attached hydrogen (secondary N) is 1. The molecule has 0 fully saturated rings. The number of hydrogen-bond donors (Lipinski definition) is 3. The molecular weight excluding hydrogens is 234 g/mol. The van der Waals surface area contributed by atoms with E-state index in [1.54, 1.807) is 13.8 Å². The van der Waals surface area contributed by atoms with Crippen molar-refractivity contribution in [3.05, 3.63) is 0 Å². The number of hydrogen-bond acceptors (Lipinski definition) is 3. The summed E-state index contributed by atoms with van der Waals surface area (Å²) in [6.45, 7) is 6.24. The first kappa shape index (κ1) is 16.9. The maximum atomic E-state index is 11.6. The van der Waals surface area contributed by atoms with E-state index in [1.807, 2.05) is 6.92 Å². The molecule has 1 amide bonds. The number of carboxylic acid groups (broad SMARTS) is 1. The lowest BCUT2D eigenvalue weighted by Gasteiger charge is -2.21.